The van der Waals surface area contributed by atoms with Gasteiger partial charge in [-0.25, -0.2) is 8.78 Å². The molecule has 0 radical (unpaired) electrons. The van der Waals surface area contributed by atoms with Crippen LogP contribution in [0.1, 0.15) is 21.5 Å². The summed E-state index contributed by atoms with van der Waals surface area (Å²) in [5.41, 5.74) is 1.55. The van der Waals surface area contributed by atoms with Crippen LogP contribution < -0.4 is 0 Å². The van der Waals surface area contributed by atoms with Gasteiger partial charge in [-0.15, -0.1) is 0 Å². The minimum absolute atomic E-state index is 0.124. The third-order valence-electron chi connectivity index (χ3n) is 2.55. The first kappa shape index (κ1) is 12.9. The van der Waals surface area contributed by atoms with Gasteiger partial charge in [0, 0.05) is 15.6 Å². The molecule has 0 atom stereocenters. The Labute approximate surface area is 112 Å². The van der Waals surface area contributed by atoms with Crippen molar-refractivity contribution in [2.24, 2.45) is 0 Å². The molecule has 2 rings (SSSR count). The molecule has 0 bridgehead atoms. The van der Waals surface area contributed by atoms with Crippen LogP contribution in [0.5, 0.6) is 0 Å². The van der Waals surface area contributed by atoms with Crippen molar-refractivity contribution in [2.75, 3.05) is 0 Å². The Hall–Kier alpha value is -1.55. The van der Waals surface area contributed by atoms with Gasteiger partial charge < -0.3 is 0 Å². The number of aryl methyl sites for hydroxylation is 1. The van der Waals surface area contributed by atoms with Crippen molar-refractivity contribution in [3.63, 3.8) is 0 Å². The Balaban J connectivity index is 2.44. The van der Waals surface area contributed by atoms with Gasteiger partial charge in [0.2, 0.25) is 0 Å². The molecule has 92 valence electrons. The average Bonchev–Trinajstić information content (AvgIpc) is 2.32. The zero-order chi connectivity index (χ0) is 13.3. The number of rotatable bonds is 2. The van der Waals surface area contributed by atoms with E-state index in [1.807, 2.05) is 6.92 Å². The van der Waals surface area contributed by atoms with Crippen LogP contribution in [-0.4, -0.2) is 5.78 Å². The molecular weight excluding hydrogens is 302 g/mol. The largest absolute Gasteiger partial charge is 0.289 e. The van der Waals surface area contributed by atoms with E-state index in [-0.39, 0.29) is 11.3 Å². The van der Waals surface area contributed by atoms with Gasteiger partial charge in [-0.05, 0) is 42.8 Å². The molecule has 0 saturated carbocycles. The van der Waals surface area contributed by atoms with Gasteiger partial charge in [0.15, 0.2) is 17.4 Å². The molecule has 0 aliphatic carbocycles. The summed E-state index contributed by atoms with van der Waals surface area (Å²) in [6, 6.07) is 8.37. The summed E-state index contributed by atoms with van der Waals surface area (Å²) in [5, 5.41) is 0. The quantitative estimate of drug-likeness (QED) is 0.757. The predicted octanol–water partition coefficient (Wildman–Crippen LogP) is 4.27. The SMILES string of the molecule is Cc1ccc(C(=O)c2ccc(F)c(F)c2)c(Br)c1. The van der Waals surface area contributed by atoms with Gasteiger partial charge in [-0.3, -0.25) is 4.79 Å². The molecule has 0 aliphatic heterocycles. The van der Waals surface area contributed by atoms with Crippen molar-refractivity contribution < 1.29 is 13.6 Å². The number of halogens is 3. The van der Waals surface area contributed by atoms with Crippen LogP contribution in [0.15, 0.2) is 40.9 Å². The number of benzene rings is 2. The number of ketones is 1. The third kappa shape index (κ3) is 2.48. The van der Waals surface area contributed by atoms with Crippen LogP contribution in [0.3, 0.4) is 0 Å². The number of carbonyl (C=O) groups excluding carboxylic acids is 1. The van der Waals surface area contributed by atoms with Crippen LogP contribution in [0.25, 0.3) is 0 Å². The fourth-order valence-corrected chi connectivity index (χ4v) is 2.27. The standard InChI is InChI=1S/C14H9BrF2O/c1-8-2-4-10(11(15)6-8)14(18)9-3-5-12(16)13(17)7-9/h2-7H,1H3. The summed E-state index contributed by atoms with van der Waals surface area (Å²) >= 11 is 3.29. The maximum Gasteiger partial charge on any atom is 0.194 e. The number of carbonyl (C=O) groups is 1. The van der Waals surface area contributed by atoms with Crippen molar-refractivity contribution in [3.8, 4) is 0 Å². The Morgan fingerprint density at radius 1 is 1.06 bits per heavy atom. The van der Waals surface area contributed by atoms with Crippen LogP contribution >= 0.6 is 15.9 Å². The molecule has 0 aromatic heterocycles. The highest BCUT2D eigenvalue weighted by molar-refractivity contribution is 9.10. The lowest BCUT2D eigenvalue weighted by atomic mass is 10.0. The summed E-state index contributed by atoms with van der Waals surface area (Å²) in [7, 11) is 0. The first-order valence-electron chi connectivity index (χ1n) is 5.25. The van der Waals surface area contributed by atoms with E-state index in [9.17, 15) is 13.6 Å². The van der Waals surface area contributed by atoms with Crippen LogP contribution in [-0.2, 0) is 0 Å². The van der Waals surface area contributed by atoms with Crippen molar-refractivity contribution in [1.29, 1.82) is 0 Å². The first-order valence-corrected chi connectivity index (χ1v) is 6.04. The summed E-state index contributed by atoms with van der Waals surface area (Å²) < 4.78 is 26.5. The zero-order valence-electron chi connectivity index (χ0n) is 9.51. The second-order valence-corrected chi connectivity index (χ2v) is 4.80. The molecule has 0 fully saturated rings. The van der Waals surface area contributed by atoms with Gasteiger partial charge in [-0.1, -0.05) is 22.0 Å². The summed E-state index contributed by atoms with van der Waals surface area (Å²) in [6.45, 7) is 1.90. The van der Waals surface area contributed by atoms with Gasteiger partial charge in [0.1, 0.15) is 0 Å². The second-order valence-electron chi connectivity index (χ2n) is 3.94. The van der Waals surface area contributed by atoms with E-state index < -0.39 is 11.6 Å². The monoisotopic (exact) mass is 310 g/mol. The molecule has 1 nitrogen and oxygen atoms in total. The highest BCUT2D eigenvalue weighted by Crippen LogP contribution is 2.22. The number of hydrogen-bond donors (Lipinski definition) is 0. The topological polar surface area (TPSA) is 17.1 Å². The molecule has 2 aromatic carbocycles. The van der Waals surface area contributed by atoms with Crippen molar-refractivity contribution in [1.82, 2.24) is 0 Å². The fraction of sp³-hybridized carbons (Fsp3) is 0.0714. The minimum atomic E-state index is -1.02. The molecule has 0 unspecified atom stereocenters. The fourth-order valence-electron chi connectivity index (χ4n) is 1.60. The Kier molecular flexibility index (Phi) is 3.57. The lowest BCUT2D eigenvalue weighted by molar-refractivity contribution is 0.103. The van der Waals surface area contributed by atoms with E-state index in [0.717, 1.165) is 17.7 Å². The van der Waals surface area contributed by atoms with Crippen molar-refractivity contribution in [3.05, 3.63) is 69.2 Å². The molecule has 0 aliphatic rings. The molecule has 0 N–H and O–H groups in total. The maximum absolute atomic E-state index is 13.1. The Morgan fingerprint density at radius 2 is 1.78 bits per heavy atom. The summed E-state index contributed by atoms with van der Waals surface area (Å²) in [6.07, 6.45) is 0. The normalized spacial score (nSPS) is 10.4. The van der Waals surface area contributed by atoms with E-state index in [2.05, 4.69) is 15.9 Å². The van der Waals surface area contributed by atoms with Crippen LogP contribution in [0, 0.1) is 18.6 Å². The van der Waals surface area contributed by atoms with E-state index in [4.69, 9.17) is 0 Å². The molecule has 18 heavy (non-hydrogen) atoms. The van der Waals surface area contributed by atoms with Crippen molar-refractivity contribution in [2.45, 2.75) is 6.92 Å². The lowest BCUT2D eigenvalue weighted by Gasteiger charge is -2.05. The van der Waals surface area contributed by atoms with Gasteiger partial charge in [-0.2, -0.15) is 0 Å². The Morgan fingerprint density at radius 3 is 2.39 bits per heavy atom. The second kappa shape index (κ2) is 4.98. The van der Waals surface area contributed by atoms with Crippen molar-refractivity contribution >= 4 is 21.7 Å². The average molecular weight is 311 g/mol. The molecular formula is C14H9BrF2O. The zero-order valence-corrected chi connectivity index (χ0v) is 11.1. The molecule has 0 saturated heterocycles. The number of hydrogen-bond acceptors (Lipinski definition) is 1. The summed E-state index contributed by atoms with van der Waals surface area (Å²) in [5.74, 6) is -2.33. The highest BCUT2D eigenvalue weighted by Gasteiger charge is 2.14. The molecule has 0 spiro atoms. The van der Waals surface area contributed by atoms with E-state index in [1.54, 1.807) is 18.2 Å². The lowest BCUT2D eigenvalue weighted by Crippen LogP contribution is -2.03. The molecule has 0 amide bonds. The maximum atomic E-state index is 13.1. The highest BCUT2D eigenvalue weighted by atomic mass is 79.9. The Bertz CT molecular complexity index is 623. The predicted molar refractivity (Wildman–Crippen MR) is 68.7 cm³/mol. The smallest absolute Gasteiger partial charge is 0.194 e. The third-order valence-corrected chi connectivity index (χ3v) is 3.21. The van der Waals surface area contributed by atoms with Crippen LogP contribution in [0.4, 0.5) is 8.78 Å². The molecule has 2 aromatic rings. The first-order chi connectivity index (χ1) is 8.49. The van der Waals surface area contributed by atoms with Crippen LogP contribution in [0.2, 0.25) is 0 Å². The molecule has 4 heteroatoms. The minimum Gasteiger partial charge on any atom is -0.289 e. The van der Waals surface area contributed by atoms with E-state index in [1.165, 1.54) is 6.07 Å². The van der Waals surface area contributed by atoms with Gasteiger partial charge >= 0.3 is 0 Å². The van der Waals surface area contributed by atoms with E-state index >= 15 is 0 Å². The summed E-state index contributed by atoms with van der Waals surface area (Å²) in [4.78, 5) is 12.1. The van der Waals surface area contributed by atoms with Gasteiger partial charge in [0.25, 0.3) is 0 Å². The van der Waals surface area contributed by atoms with E-state index in [0.29, 0.717) is 10.0 Å². The van der Waals surface area contributed by atoms with Gasteiger partial charge in [0.05, 0.1) is 0 Å². The molecule has 0 heterocycles.